The summed E-state index contributed by atoms with van der Waals surface area (Å²) in [5.74, 6) is -1.28. The highest BCUT2D eigenvalue weighted by Gasteiger charge is 2.19. The summed E-state index contributed by atoms with van der Waals surface area (Å²) in [4.78, 5) is 32.2. The second-order valence-electron chi connectivity index (χ2n) is 4.14. The molecule has 9 heteroatoms. The van der Waals surface area contributed by atoms with Crippen molar-refractivity contribution in [3.05, 3.63) is 38.9 Å². The third kappa shape index (κ3) is 5.60. The monoisotopic (exact) mass is 332 g/mol. The van der Waals surface area contributed by atoms with Crippen molar-refractivity contribution in [2.45, 2.75) is 18.7 Å². The van der Waals surface area contributed by atoms with Gasteiger partial charge in [-0.3, -0.25) is 14.9 Å². The Morgan fingerprint density at radius 1 is 1.52 bits per heavy atom. The molecule has 1 rings (SSSR count). The minimum Gasteiger partial charge on any atom is -0.480 e. The maximum atomic E-state index is 10.9. The highest BCUT2D eigenvalue weighted by Crippen LogP contribution is 2.26. The molecule has 7 nitrogen and oxygen atoms in total. The van der Waals surface area contributed by atoms with Gasteiger partial charge in [0.25, 0.3) is 5.69 Å². The lowest BCUT2D eigenvalue weighted by Gasteiger charge is -2.12. The van der Waals surface area contributed by atoms with Gasteiger partial charge in [-0.25, -0.2) is 4.79 Å². The van der Waals surface area contributed by atoms with E-state index in [9.17, 15) is 19.7 Å². The molecule has 0 fully saturated rings. The summed E-state index contributed by atoms with van der Waals surface area (Å²) in [6.07, 6.45) is 0. The molecule has 114 valence electrons. The van der Waals surface area contributed by atoms with Crippen LogP contribution in [0.5, 0.6) is 0 Å². The zero-order chi connectivity index (χ0) is 16.0. The summed E-state index contributed by atoms with van der Waals surface area (Å²) in [6.45, 7) is 1.22. The first-order valence-electron chi connectivity index (χ1n) is 5.81. The Morgan fingerprint density at radius 3 is 2.71 bits per heavy atom. The Kier molecular flexibility index (Phi) is 6.44. The summed E-state index contributed by atoms with van der Waals surface area (Å²) in [6, 6.07) is 3.16. The lowest BCUT2D eigenvalue weighted by Crippen LogP contribution is -2.41. The van der Waals surface area contributed by atoms with Gasteiger partial charge in [0, 0.05) is 35.1 Å². The second kappa shape index (κ2) is 7.84. The average molecular weight is 333 g/mol. The number of carbonyl (C=O) groups excluding carboxylic acids is 1. The highest BCUT2D eigenvalue weighted by atomic mass is 35.5. The Balaban J connectivity index is 2.70. The lowest BCUT2D eigenvalue weighted by atomic mass is 10.2. The van der Waals surface area contributed by atoms with Crippen LogP contribution in [0.15, 0.2) is 18.2 Å². The fraction of sp³-hybridized carbons (Fsp3) is 0.333. The fourth-order valence-electron chi connectivity index (χ4n) is 1.55. The van der Waals surface area contributed by atoms with Crippen LogP contribution < -0.4 is 5.32 Å². The van der Waals surface area contributed by atoms with Crippen molar-refractivity contribution in [2.75, 3.05) is 5.75 Å². The molecule has 0 spiro atoms. The predicted octanol–water partition coefficient (Wildman–Crippen LogP) is 2.07. The summed E-state index contributed by atoms with van der Waals surface area (Å²) in [5.41, 5.74) is 0.336. The topological polar surface area (TPSA) is 110 Å². The summed E-state index contributed by atoms with van der Waals surface area (Å²) in [7, 11) is 0. The Bertz CT molecular complexity index is 567. The molecule has 0 saturated carbocycles. The molecule has 1 aromatic carbocycles. The molecule has 1 unspecified atom stereocenters. The lowest BCUT2D eigenvalue weighted by molar-refractivity contribution is -0.385. The molecule has 1 amide bonds. The van der Waals surface area contributed by atoms with E-state index in [1.807, 2.05) is 0 Å². The van der Waals surface area contributed by atoms with Crippen molar-refractivity contribution in [1.82, 2.24) is 5.32 Å². The van der Waals surface area contributed by atoms with Crippen LogP contribution in [0.2, 0.25) is 5.02 Å². The second-order valence-corrected chi connectivity index (χ2v) is 5.60. The number of hydrogen-bond donors (Lipinski definition) is 2. The first-order chi connectivity index (χ1) is 9.81. The number of nitro groups is 1. The molecule has 21 heavy (non-hydrogen) atoms. The number of carboxylic acid groups (broad SMARTS) is 1. The van der Waals surface area contributed by atoms with Gasteiger partial charge in [-0.1, -0.05) is 11.6 Å². The van der Waals surface area contributed by atoms with Gasteiger partial charge in [-0.05, 0) is 12.1 Å². The number of halogens is 1. The van der Waals surface area contributed by atoms with E-state index >= 15 is 0 Å². The summed E-state index contributed by atoms with van der Waals surface area (Å²) < 4.78 is 0. The molecule has 0 aliphatic carbocycles. The maximum absolute atomic E-state index is 10.9. The first-order valence-corrected chi connectivity index (χ1v) is 7.35. The van der Waals surface area contributed by atoms with E-state index in [4.69, 9.17) is 16.7 Å². The number of nitro benzene ring substituents is 1. The minimum absolute atomic E-state index is 0.0710. The summed E-state index contributed by atoms with van der Waals surface area (Å²) >= 11 is 6.97. The van der Waals surface area contributed by atoms with Crippen molar-refractivity contribution in [3.63, 3.8) is 0 Å². The van der Waals surface area contributed by atoms with Gasteiger partial charge in [-0.2, -0.15) is 11.8 Å². The van der Waals surface area contributed by atoms with Gasteiger partial charge in [-0.15, -0.1) is 0 Å². The predicted molar refractivity (Wildman–Crippen MR) is 79.5 cm³/mol. The third-order valence-electron chi connectivity index (χ3n) is 2.46. The van der Waals surface area contributed by atoms with Gasteiger partial charge in [0.1, 0.15) is 6.04 Å². The number of benzene rings is 1. The summed E-state index contributed by atoms with van der Waals surface area (Å²) in [5, 5.41) is 22.5. The number of thioether (sulfide) groups is 1. The Labute approximate surface area is 129 Å². The van der Waals surface area contributed by atoms with Crippen LogP contribution >= 0.6 is 23.4 Å². The number of carboxylic acids is 1. The minimum atomic E-state index is -1.15. The molecule has 0 radical (unpaired) electrons. The number of nitrogens with zero attached hydrogens (tertiary/aromatic N) is 1. The first kappa shape index (κ1) is 17.3. The Hall–Kier alpha value is -1.80. The Morgan fingerprint density at radius 2 is 2.19 bits per heavy atom. The van der Waals surface area contributed by atoms with E-state index in [0.717, 1.165) is 0 Å². The molecule has 1 aromatic rings. The van der Waals surface area contributed by atoms with E-state index in [1.165, 1.54) is 36.9 Å². The number of rotatable bonds is 7. The van der Waals surface area contributed by atoms with E-state index in [1.54, 1.807) is 0 Å². The molecular formula is C12H13ClN2O5S. The average Bonchev–Trinajstić information content (AvgIpc) is 2.36. The van der Waals surface area contributed by atoms with Crippen LogP contribution in [0, 0.1) is 10.1 Å². The highest BCUT2D eigenvalue weighted by molar-refractivity contribution is 7.98. The number of carbonyl (C=O) groups is 2. The molecule has 2 N–H and O–H groups in total. The number of hydrogen-bond acceptors (Lipinski definition) is 5. The van der Waals surface area contributed by atoms with E-state index in [-0.39, 0.29) is 17.2 Å². The molecule has 1 atom stereocenters. The molecule has 0 bridgehead atoms. The van der Waals surface area contributed by atoms with Crippen molar-refractivity contribution in [3.8, 4) is 0 Å². The van der Waals surface area contributed by atoms with Crippen LogP contribution in [0.1, 0.15) is 12.5 Å². The van der Waals surface area contributed by atoms with Crippen LogP contribution in [-0.4, -0.2) is 33.7 Å². The zero-order valence-electron chi connectivity index (χ0n) is 11.0. The van der Waals surface area contributed by atoms with Crippen molar-refractivity contribution in [1.29, 1.82) is 0 Å². The van der Waals surface area contributed by atoms with Crippen molar-refractivity contribution >= 4 is 40.9 Å². The SMILES string of the molecule is CC(=O)NC(CSCc1cc(Cl)ccc1[N+](=O)[O-])C(=O)O. The van der Waals surface area contributed by atoms with E-state index < -0.39 is 22.8 Å². The van der Waals surface area contributed by atoms with Gasteiger partial charge in [0.05, 0.1) is 4.92 Å². The normalized spacial score (nSPS) is 11.7. The van der Waals surface area contributed by atoms with Crippen molar-refractivity contribution < 1.29 is 19.6 Å². The number of amides is 1. The van der Waals surface area contributed by atoms with Crippen LogP contribution in [-0.2, 0) is 15.3 Å². The smallest absolute Gasteiger partial charge is 0.327 e. The molecule has 0 heterocycles. The zero-order valence-corrected chi connectivity index (χ0v) is 12.6. The van der Waals surface area contributed by atoms with E-state index in [2.05, 4.69) is 5.32 Å². The van der Waals surface area contributed by atoms with E-state index in [0.29, 0.717) is 10.6 Å². The maximum Gasteiger partial charge on any atom is 0.327 e. The van der Waals surface area contributed by atoms with Gasteiger partial charge in [0.2, 0.25) is 5.91 Å². The quantitative estimate of drug-likeness (QED) is 0.584. The van der Waals surface area contributed by atoms with Crippen LogP contribution in [0.3, 0.4) is 0 Å². The van der Waals surface area contributed by atoms with Gasteiger partial charge >= 0.3 is 5.97 Å². The van der Waals surface area contributed by atoms with Crippen molar-refractivity contribution in [2.24, 2.45) is 0 Å². The fourth-order valence-corrected chi connectivity index (χ4v) is 2.78. The van der Waals surface area contributed by atoms with Crippen LogP contribution in [0.4, 0.5) is 5.69 Å². The molecule has 0 aliphatic rings. The molecule has 0 saturated heterocycles. The van der Waals surface area contributed by atoms with Crippen LogP contribution in [0.25, 0.3) is 0 Å². The van der Waals surface area contributed by atoms with Gasteiger partial charge < -0.3 is 10.4 Å². The third-order valence-corrected chi connectivity index (χ3v) is 3.78. The molecule has 0 aromatic heterocycles. The van der Waals surface area contributed by atoms with Gasteiger partial charge in [0.15, 0.2) is 0 Å². The number of aliphatic carboxylic acids is 1. The standard InChI is InChI=1S/C12H13ClN2O5S/c1-7(16)14-10(12(17)18)6-21-5-8-4-9(13)2-3-11(8)15(19)20/h2-4,10H,5-6H2,1H3,(H,14,16)(H,17,18). The molecule has 0 aliphatic heterocycles. The molecular weight excluding hydrogens is 320 g/mol. The number of nitrogens with one attached hydrogen (secondary N) is 1. The largest absolute Gasteiger partial charge is 0.480 e.